The number of carbonyl (C=O) groups is 1. The summed E-state index contributed by atoms with van der Waals surface area (Å²) in [6, 6.07) is 12.6. The lowest BCUT2D eigenvalue weighted by Crippen LogP contribution is -2.53. The van der Waals surface area contributed by atoms with Gasteiger partial charge < -0.3 is 19.3 Å². The Balaban J connectivity index is 1.62. The van der Waals surface area contributed by atoms with Gasteiger partial charge in [0.25, 0.3) is 5.91 Å². The molecule has 2 aliphatic heterocycles. The zero-order valence-electron chi connectivity index (χ0n) is 19.8. The Kier molecular flexibility index (Phi) is 6.95. The highest BCUT2D eigenvalue weighted by Gasteiger charge is 2.51. The van der Waals surface area contributed by atoms with Crippen LogP contribution in [0, 0.1) is 22.7 Å². The number of likely N-dealkylation sites (tertiary alicyclic amines) is 1. The topological polar surface area (TPSA) is 65.8 Å². The molecule has 35 heavy (non-hydrogen) atoms. The maximum absolute atomic E-state index is 13.6. The van der Waals surface area contributed by atoms with E-state index in [0.29, 0.717) is 62.8 Å². The fourth-order valence-electron chi connectivity index (χ4n) is 5.32. The molecule has 2 aliphatic rings. The molecule has 4 rings (SSSR count). The van der Waals surface area contributed by atoms with Crippen molar-refractivity contribution in [3.63, 3.8) is 0 Å². The van der Waals surface area contributed by atoms with Crippen LogP contribution in [0.3, 0.4) is 0 Å². The summed E-state index contributed by atoms with van der Waals surface area (Å²) in [5, 5.41) is 9.13. The van der Waals surface area contributed by atoms with Gasteiger partial charge in [-0.2, -0.15) is 18.4 Å². The van der Waals surface area contributed by atoms with Gasteiger partial charge in [0.2, 0.25) is 0 Å². The number of piperidine rings is 1. The van der Waals surface area contributed by atoms with E-state index < -0.39 is 22.7 Å². The Hall–Kier alpha value is -3.25. The molecule has 2 fully saturated rings. The molecule has 0 aromatic heterocycles. The Bertz CT molecular complexity index is 1130. The van der Waals surface area contributed by atoms with Crippen LogP contribution < -0.4 is 9.64 Å². The van der Waals surface area contributed by atoms with Gasteiger partial charge in [-0.05, 0) is 49.6 Å². The average Bonchev–Trinajstić information content (AvgIpc) is 3.25. The van der Waals surface area contributed by atoms with Crippen molar-refractivity contribution in [2.45, 2.75) is 19.5 Å². The zero-order chi connectivity index (χ0) is 25.2. The second-order valence-electron chi connectivity index (χ2n) is 9.13. The Morgan fingerprint density at radius 1 is 1.23 bits per heavy atom. The number of ether oxygens (including phenoxy) is 2. The van der Waals surface area contributed by atoms with E-state index in [1.165, 1.54) is 13.2 Å². The van der Waals surface area contributed by atoms with Crippen molar-refractivity contribution in [2.24, 2.45) is 11.3 Å². The number of benzene rings is 2. The lowest BCUT2D eigenvalue weighted by atomic mass is 9.73. The molecular formula is C26H28F3N3O3. The van der Waals surface area contributed by atoms with Gasteiger partial charge in [-0.25, -0.2) is 0 Å². The number of anilines is 1. The largest absolute Gasteiger partial charge is 0.496 e. The normalized spacial score (nSPS) is 22.0. The van der Waals surface area contributed by atoms with Crippen molar-refractivity contribution in [1.29, 1.82) is 5.26 Å². The van der Waals surface area contributed by atoms with Crippen molar-refractivity contribution in [3.8, 4) is 11.8 Å². The summed E-state index contributed by atoms with van der Waals surface area (Å²) in [6.07, 6.45) is -3.90. The first kappa shape index (κ1) is 24.9. The van der Waals surface area contributed by atoms with Crippen LogP contribution in [0.2, 0.25) is 0 Å². The maximum Gasteiger partial charge on any atom is 0.417 e. The van der Waals surface area contributed by atoms with Gasteiger partial charge >= 0.3 is 6.18 Å². The number of rotatable bonds is 6. The van der Waals surface area contributed by atoms with Gasteiger partial charge in [0.1, 0.15) is 5.75 Å². The molecule has 2 aromatic rings. The van der Waals surface area contributed by atoms with E-state index in [-0.39, 0.29) is 11.8 Å². The molecule has 0 radical (unpaired) electrons. The summed E-state index contributed by atoms with van der Waals surface area (Å²) in [6.45, 7) is 4.81. The third-order valence-corrected chi connectivity index (χ3v) is 7.08. The van der Waals surface area contributed by atoms with Crippen molar-refractivity contribution < 1.29 is 27.4 Å². The molecule has 0 bridgehead atoms. The third kappa shape index (κ3) is 4.80. The van der Waals surface area contributed by atoms with E-state index >= 15 is 0 Å². The lowest BCUT2D eigenvalue weighted by Gasteiger charge is -2.44. The van der Waals surface area contributed by atoms with E-state index in [1.54, 1.807) is 41.3 Å². The van der Waals surface area contributed by atoms with Crippen LogP contribution >= 0.6 is 0 Å². The van der Waals surface area contributed by atoms with E-state index in [9.17, 15) is 18.0 Å². The molecule has 2 saturated heterocycles. The number of nitrogens with zero attached hydrogens (tertiary/aromatic N) is 3. The molecule has 2 aromatic carbocycles. The molecule has 186 valence electrons. The molecule has 6 nitrogen and oxygen atoms in total. The highest BCUT2D eigenvalue weighted by atomic mass is 19.4. The number of carbonyl (C=O) groups excluding carboxylic acids is 1. The van der Waals surface area contributed by atoms with Crippen LogP contribution in [-0.4, -0.2) is 57.3 Å². The number of nitriles is 1. The SMILES string of the molecule is CCOCC12CN(C(=O)c3ccccc3OC)CCC1CN(c1ccc(C#N)c(C(F)(F)F)c1)C2. The molecule has 2 atom stereocenters. The molecule has 0 saturated carbocycles. The van der Waals surface area contributed by atoms with E-state index in [2.05, 4.69) is 0 Å². The fourth-order valence-corrected chi connectivity index (χ4v) is 5.32. The Labute approximate surface area is 202 Å². The minimum Gasteiger partial charge on any atom is -0.496 e. The molecule has 0 aliphatic carbocycles. The minimum atomic E-state index is -4.62. The average molecular weight is 488 g/mol. The first-order chi connectivity index (χ1) is 16.7. The summed E-state index contributed by atoms with van der Waals surface area (Å²) in [5.74, 6) is 0.525. The molecule has 9 heteroatoms. The van der Waals surface area contributed by atoms with Crippen LogP contribution in [0.4, 0.5) is 18.9 Å². The van der Waals surface area contributed by atoms with Crippen LogP contribution in [0.25, 0.3) is 0 Å². The molecule has 1 amide bonds. The zero-order valence-corrected chi connectivity index (χ0v) is 19.8. The van der Waals surface area contributed by atoms with Gasteiger partial charge in [0.15, 0.2) is 0 Å². The number of hydrogen-bond acceptors (Lipinski definition) is 5. The van der Waals surface area contributed by atoms with E-state index in [1.807, 2.05) is 11.8 Å². The Morgan fingerprint density at radius 2 is 2.00 bits per heavy atom. The van der Waals surface area contributed by atoms with Crippen molar-refractivity contribution in [3.05, 3.63) is 59.2 Å². The van der Waals surface area contributed by atoms with Gasteiger partial charge in [-0.1, -0.05) is 12.1 Å². The smallest absolute Gasteiger partial charge is 0.417 e. The summed E-state index contributed by atoms with van der Waals surface area (Å²) in [5.41, 5.74) is -0.839. The Morgan fingerprint density at radius 3 is 2.69 bits per heavy atom. The number of alkyl halides is 3. The number of methoxy groups -OCH3 is 1. The lowest BCUT2D eigenvalue weighted by molar-refractivity contribution is -0.137. The second-order valence-corrected chi connectivity index (χ2v) is 9.13. The summed E-state index contributed by atoms with van der Waals surface area (Å²) in [7, 11) is 1.52. The number of fused-ring (bicyclic) bond motifs is 1. The maximum atomic E-state index is 13.6. The number of halogens is 3. The van der Waals surface area contributed by atoms with Gasteiger partial charge in [-0.15, -0.1) is 0 Å². The summed E-state index contributed by atoms with van der Waals surface area (Å²) < 4.78 is 51.9. The standard InChI is InChI=1S/C26H28F3N3O3/c1-3-35-17-25-15-31(24(33)21-6-4-5-7-23(21)34-2)11-10-19(25)14-32(16-25)20-9-8-18(13-30)22(12-20)26(27,28)29/h4-9,12,19H,3,10-11,14-17H2,1-2H3. The third-order valence-electron chi connectivity index (χ3n) is 7.08. The second kappa shape index (κ2) is 9.78. The van der Waals surface area contributed by atoms with Crippen molar-refractivity contribution in [1.82, 2.24) is 4.90 Å². The van der Waals surface area contributed by atoms with Crippen molar-refractivity contribution >= 4 is 11.6 Å². The van der Waals surface area contributed by atoms with Gasteiger partial charge in [0, 0.05) is 43.9 Å². The van der Waals surface area contributed by atoms with E-state index in [4.69, 9.17) is 14.7 Å². The first-order valence-corrected chi connectivity index (χ1v) is 11.6. The number of amides is 1. The fraction of sp³-hybridized carbons (Fsp3) is 0.462. The van der Waals surface area contributed by atoms with Crippen LogP contribution in [-0.2, 0) is 10.9 Å². The molecule has 2 unspecified atom stereocenters. The molecular weight excluding hydrogens is 459 g/mol. The van der Waals surface area contributed by atoms with Crippen LogP contribution in [0.15, 0.2) is 42.5 Å². The minimum absolute atomic E-state index is 0.132. The molecule has 0 N–H and O–H groups in total. The highest BCUT2D eigenvalue weighted by molar-refractivity contribution is 5.97. The quantitative estimate of drug-likeness (QED) is 0.596. The predicted octanol–water partition coefficient (Wildman–Crippen LogP) is 4.59. The first-order valence-electron chi connectivity index (χ1n) is 11.6. The number of hydrogen-bond donors (Lipinski definition) is 0. The molecule has 0 spiro atoms. The van der Waals surface area contributed by atoms with Crippen molar-refractivity contribution in [2.75, 3.05) is 51.4 Å². The van der Waals surface area contributed by atoms with Gasteiger partial charge in [-0.3, -0.25) is 4.79 Å². The number of para-hydroxylation sites is 1. The van der Waals surface area contributed by atoms with Gasteiger partial charge in [0.05, 0.1) is 36.5 Å². The molecule has 2 heterocycles. The summed E-state index contributed by atoms with van der Waals surface area (Å²) >= 11 is 0. The predicted molar refractivity (Wildman–Crippen MR) is 124 cm³/mol. The van der Waals surface area contributed by atoms with E-state index in [0.717, 1.165) is 6.07 Å². The van der Waals surface area contributed by atoms with Crippen LogP contribution in [0.1, 0.15) is 34.8 Å². The summed E-state index contributed by atoms with van der Waals surface area (Å²) in [4.78, 5) is 17.1. The van der Waals surface area contributed by atoms with Crippen LogP contribution in [0.5, 0.6) is 5.75 Å². The highest BCUT2D eigenvalue weighted by Crippen LogP contribution is 2.45. The monoisotopic (exact) mass is 487 g/mol.